The minimum absolute atomic E-state index is 0.0451. The Bertz CT molecular complexity index is 772. The summed E-state index contributed by atoms with van der Waals surface area (Å²) in [6, 6.07) is 14.3. The molecule has 5 heteroatoms. The molecule has 0 atom stereocenters. The zero-order valence-electron chi connectivity index (χ0n) is 13.0. The van der Waals surface area contributed by atoms with Crippen molar-refractivity contribution in [3.05, 3.63) is 59.7 Å². The molecule has 0 saturated heterocycles. The number of nitrogens with zero attached hydrogens (tertiary/aromatic N) is 1. The molecule has 0 saturated carbocycles. The maximum absolute atomic E-state index is 13.0. The summed E-state index contributed by atoms with van der Waals surface area (Å²) < 4.78 is 27.3. The lowest BCUT2D eigenvalue weighted by Gasteiger charge is -2.25. The van der Waals surface area contributed by atoms with Crippen LogP contribution in [0.5, 0.6) is 0 Å². The highest BCUT2D eigenvalue weighted by Gasteiger charge is 2.25. The van der Waals surface area contributed by atoms with Gasteiger partial charge in [-0.1, -0.05) is 24.3 Å². The van der Waals surface area contributed by atoms with Gasteiger partial charge in [-0.15, -0.1) is 0 Å². The first-order valence-corrected chi connectivity index (χ1v) is 9.37. The van der Waals surface area contributed by atoms with Gasteiger partial charge in [-0.2, -0.15) is 0 Å². The van der Waals surface area contributed by atoms with E-state index in [2.05, 4.69) is 0 Å². The molecule has 0 aromatic heterocycles. The monoisotopic (exact) mass is 331 g/mol. The first kappa shape index (κ1) is 16.0. The molecule has 1 aliphatic carbocycles. The van der Waals surface area contributed by atoms with Crippen LogP contribution in [0, 0.1) is 0 Å². The minimum atomic E-state index is -3.68. The van der Waals surface area contributed by atoms with E-state index in [1.54, 1.807) is 36.4 Å². The van der Waals surface area contributed by atoms with Crippen LogP contribution in [-0.4, -0.2) is 26.7 Å². The molecule has 1 aliphatic rings. The van der Waals surface area contributed by atoms with Crippen LogP contribution in [-0.2, 0) is 22.9 Å². The Morgan fingerprint density at radius 1 is 0.957 bits per heavy atom. The second kappa shape index (κ2) is 6.72. The number of anilines is 1. The molecule has 0 heterocycles. The molecule has 0 unspecified atom stereocenters. The van der Waals surface area contributed by atoms with Gasteiger partial charge in [0, 0.05) is 0 Å². The van der Waals surface area contributed by atoms with Gasteiger partial charge in [-0.3, -0.25) is 4.31 Å². The highest BCUT2D eigenvalue weighted by Crippen LogP contribution is 2.28. The molecule has 0 bridgehead atoms. The molecular weight excluding hydrogens is 310 g/mol. The van der Waals surface area contributed by atoms with Crippen LogP contribution in [0.2, 0.25) is 0 Å². The third kappa shape index (κ3) is 3.26. The van der Waals surface area contributed by atoms with Crippen LogP contribution in [0.15, 0.2) is 53.4 Å². The number of benzene rings is 2. The topological polar surface area (TPSA) is 57.6 Å². The largest absolute Gasteiger partial charge is 0.394 e. The number of aliphatic hydroxyl groups excluding tert-OH is 1. The molecular formula is C18H21NO3S. The summed E-state index contributed by atoms with van der Waals surface area (Å²) in [6.45, 7) is -0.178. The Balaban J connectivity index is 2.01. The van der Waals surface area contributed by atoms with E-state index >= 15 is 0 Å². The van der Waals surface area contributed by atoms with Crippen molar-refractivity contribution in [2.75, 3.05) is 17.5 Å². The molecule has 3 rings (SSSR count). The maximum Gasteiger partial charge on any atom is 0.264 e. The summed E-state index contributed by atoms with van der Waals surface area (Å²) in [6.07, 6.45) is 4.23. The molecule has 0 amide bonds. The van der Waals surface area contributed by atoms with E-state index in [4.69, 9.17) is 0 Å². The van der Waals surface area contributed by atoms with Crippen LogP contribution in [0.4, 0.5) is 5.69 Å². The Hall–Kier alpha value is -1.85. The van der Waals surface area contributed by atoms with Gasteiger partial charge in [0.25, 0.3) is 10.0 Å². The van der Waals surface area contributed by atoms with Gasteiger partial charge in [-0.25, -0.2) is 8.42 Å². The normalized spacial score (nSPS) is 14.3. The van der Waals surface area contributed by atoms with Crippen molar-refractivity contribution in [1.29, 1.82) is 0 Å². The van der Waals surface area contributed by atoms with Crippen molar-refractivity contribution in [2.45, 2.75) is 30.6 Å². The van der Waals surface area contributed by atoms with E-state index in [9.17, 15) is 13.5 Å². The molecule has 0 radical (unpaired) electrons. The van der Waals surface area contributed by atoms with Crippen LogP contribution in [0.1, 0.15) is 24.0 Å². The molecule has 4 nitrogen and oxygen atoms in total. The summed E-state index contributed by atoms with van der Waals surface area (Å²) in [4.78, 5) is 0.301. The third-order valence-corrected chi connectivity index (χ3v) is 6.08. The van der Waals surface area contributed by atoms with Crippen molar-refractivity contribution >= 4 is 15.7 Å². The number of rotatable bonds is 5. The lowest BCUT2D eigenvalue weighted by atomic mass is 9.92. The summed E-state index contributed by atoms with van der Waals surface area (Å²) >= 11 is 0. The van der Waals surface area contributed by atoms with E-state index in [1.807, 2.05) is 12.1 Å². The van der Waals surface area contributed by atoms with E-state index in [0.29, 0.717) is 10.6 Å². The standard InChI is InChI=1S/C18H21NO3S/c20-13-12-19(17-8-2-1-3-9-17)23(21,22)18-11-10-15-6-4-5-7-16(15)14-18/h1-3,8-11,14,20H,4-7,12-13H2. The van der Waals surface area contributed by atoms with Crippen LogP contribution < -0.4 is 4.31 Å². The SMILES string of the molecule is O=S(=O)(c1ccc2c(c1)CCCC2)N(CCO)c1ccccc1. The zero-order valence-corrected chi connectivity index (χ0v) is 13.8. The number of aliphatic hydroxyl groups is 1. The highest BCUT2D eigenvalue weighted by atomic mass is 32.2. The Morgan fingerprint density at radius 3 is 2.35 bits per heavy atom. The quantitative estimate of drug-likeness (QED) is 0.916. The average Bonchev–Trinajstić information content (AvgIpc) is 2.60. The van der Waals surface area contributed by atoms with Crippen LogP contribution in [0.25, 0.3) is 0 Å². The van der Waals surface area contributed by atoms with Crippen molar-refractivity contribution < 1.29 is 13.5 Å². The van der Waals surface area contributed by atoms with Gasteiger partial charge in [-0.05, 0) is 61.1 Å². The smallest absolute Gasteiger partial charge is 0.264 e. The van der Waals surface area contributed by atoms with Gasteiger partial charge in [0.2, 0.25) is 0 Å². The molecule has 0 fully saturated rings. The molecule has 0 spiro atoms. The van der Waals surface area contributed by atoms with Gasteiger partial charge in [0.05, 0.1) is 23.7 Å². The van der Waals surface area contributed by atoms with Crippen molar-refractivity contribution in [1.82, 2.24) is 0 Å². The van der Waals surface area contributed by atoms with E-state index in [-0.39, 0.29) is 13.2 Å². The van der Waals surface area contributed by atoms with E-state index < -0.39 is 10.0 Å². The predicted molar refractivity (Wildman–Crippen MR) is 91.1 cm³/mol. The number of hydrogen-bond donors (Lipinski definition) is 1. The van der Waals surface area contributed by atoms with Gasteiger partial charge in [0.15, 0.2) is 0 Å². The molecule has 23 heavy (non-hydrogen) atoms. The summed E-state index contributed by atoms with van der Waals surface area (Å²) in [7, 11) is -3.68. The van der Waals surface area contributed by atoms with E-state index in [1.165, 1.54) is 16.3 Å². The van der Waals surface area contributed by atoms with Gasteiger partial charge in [0.1, 0.15) is 0 Å². The fraction of sp³-hybridized carbons (Fsp3) is 0.333. The predicted octanol–water partition coefficient (Wildman–Crippen LogP) is 2.75. The number of hydrogen-bond acceptors (Lipinski definition) is 3. The van der Waals surface area contributed by atoms with E-state index in [0.717, 1.165) is 24.8 Å². The Morgan fingerprint density at radius 2 is 1.65 bits per heavy atom. The zero-order chi connectivity index (χ0) is 16.3. The van der Waals surface area contributed by atoms with Crippen LogP contribution in [0.3, 0.4) is 0 Å². The van der Waals surface area contributed by atoms with Gasteiger partial charge >= 0.3 is 0 Å². The summed E-state index contributed by atoms with van der Waals surface area (Å²) in [5, 5.41) is 9.29. The van der Waals surface area contributed by atoms with Crippen molar-refractivity contribution in [3.63, 3.8) is 0 Å². The number of aryl methyl sites for hydroxylation is 2. The first-order valence-electron chi connectivity index (χ1n) is 7.93. The lowest BCUT2D eigenvalue weighted by Crippen LogP contribution is -2.33. The van der Waals surface area contributed by atoms with Crippen molar-refractivity contribution in [3.8, 4) is 0 Å². The Kier molecular flexibility index (Phi) is 4.68. The number of fused-ring (bicyclic) bond motifs is 1. The highest BCUT2D eigenvalue weighted by molar-refractivity contribution is 7.92. The van der Waals surface area contributed by atoms with Crippen LogP contribution >= 0.6 is 0 Å². The third-order valence-electron chi connectivity index (χ3n) is 4.26. The Labute approximate surface area is 137 Å². The lowest BCUT2D eigenvalue weighted by molar-refractivity contribution is 0.306. The molecule has 0 aliphatic heterocycles. The maximum atomic E-state index is 13.0. The fourth-order valence-corrected chi connectivity index (χ4v) is 4.58. The number of sulfonamides is 1. The number of para-hydroxylation sites is 1. The molecule has 1 N–H and O–H groups in total. The first-order chi connectivity index (χ1) is 11.1. The summed E-state index contributed by atoms with van der Waals surface area (Å²) in [5.74, 6) is 0. The summed E-state index contributed by atoms with van der Waals surface area (Å²) in [5.41, 5.74) is 2.96. The van der Waals surface area contributed by atoms with Gasteiger partial charge < -0.3 is 5.11 Å². The average molecular weight is 331 g/mol. The fourth-order valence-electron chi connectivity index (χ4n) is 3.07. The minimum Gasteiger partial charge on any atom is -0.394 e. The molecule has 2 aromatic carbocycles. The molecule has 2 aromatic rings. The second-order valence-corrected chi connectivity index (χ2v) is 7.64. The molecule has 122 valence electrons. The van der Waals surface area contributed by atoms with Crippen molar-refractivity contribution in [2.24, 2.45) is 0 Å². The second-order valence-electron chi connectivity index (χ2n) is 5.77.